The Labute approximate surface area is 176 Å². The number of hydrogen-bond donors (Lipinski definition) is 0. The summed E-state index contributed by atoms with van der Waals surface area (Å²) in [6.07, 6.45) is 4.16. The summed E-state index contributed by atoms with van der Waals surface area (Å²) in [6, 6.07) is 20.3. The molecule has 0 radical (unpaired) electrons. The highest BCUT2D eigenvalue weighted by Crippen LogP contribution is 2.18. The van der Waals surface area contributed by atoms with E-state index >= 15 is 0 Å². The van der Waals surface area contributed by atoms with Crippen molar-refractivity contribution in [2.24, 2.45) is 0 Å². The number of unbranched alkanes of at least 4 members (excludes halogenated alkanes) is 1. The highest BCUT2D eigenvalue weighted by Gasteiger charge is 2.17. The summed E-state index contributed by atoms with van der Waals surface area (Å²) in [5.74, 6) is 0.0818. The van der Waals surface area contributed by atoms with E-state index in [4.69, 9.17) is 0 Å². The number of hydrogen-bond acceptors (Lipinski definition) is 1. The van der Waals surface area contributed by atoms with Gasteiger partial charge in [-0.2, -0.15) is 0 Å². The molecule has 0 saturated heterocycles. The predicted molar refractivity (Wildman–Crippen MR) is 119 cm³/mol. The smallest absolute Gasteiger partial charge is 0.254 e. The molecule has 3 aromatic rings. The second-order valence-electron chi connectivity index (χ2n) is 7.14. The monoisotopic (exact) mass is 438 g/mol. The van der Waals surface area contributed by atoms with Crippen LogP contribution in [-0.4, -0.2) is 21.9 Å². The van der Waals surface area contributed by atoms with Gasteiger partial charge < -0.3 is 9.47 Å². The van der Waals surface area contributed by atoms with Gasteiger partial charge in [0.25, 0.3) is 5.91 Å². The van der Waals surface area contributed by atoms with Gasteiger partial charge in [-0.05, 0) is 54.8 Å². The number of aryl methyl sites for hydroxylation is 1. The molecule has 0 unspecified atom stereocenters. The third kappa shape index (κ3) is 5.14. The summed E-state index contributed by atoms with van der Waals surface area (Å²) in [7, 11) is 0. The van der Waals surface area contributed by atoms with Crippen LogP contribution in [0.2, 0.25) is 0 Å². The summed E-state index contributed by atoms with van der Waals surface area (Å²) >= 11 is 3.47. The molecule has 0 fully saturated rings. The number of benzene rings is 2. The average molecular weight is 439 g/mol. The zero-order valence-electron chi connectivity index (χ0n) is 16.6. The molecule has 0 saturated carbocycles. The maximum atomic E-state index is 13.1. The molecule has 1 heterocycles. The van der Waals surface area contributed by atoms with E-state index in [1.54, 1.807) is 0 Å². The molecule has 0 bridgehead atoms. The minimum atomic E-state index is 0.0818. The van der Waals surface area contributed by atoms with Crippen molar-refractivity contribution in [1.29, 1.82) is 0 Å². The molecule has 0 N–H and O–H groups in total. The Morgan fingerprint density at radius 2 is 1.89 bits per heavy atom. The van der Waals surface area contributed by atoms with Crippen LogP contribution in [0.1, 0.15) is 46.9 Å². The van der Waals surface area contributed by atoms with Crippen molar-refractivity contribution in [3.8, 4) is 0 Å². The standard InChI is InChI=1S/C24H27BrN2O/c1-3-4-14-27(24(28)20-11-7-12-22(25)16-20)18-23-13-8-15-26(23)17-21-10-6-5-9-19(21)2/h5-13,15-16H,3-4,14,17-18H2,1-2H3. The van der Waals surface area contributed by atoms with E-state index in [9.17, 15) is 4.79 Å². The van der Waals surface area contributed by atoms with E-state index in [1.165, 1.54) is 11.1 Å². The minimum absolute atomic E-state index is 0.0818. The van der Waals surface area contributed by atoms with Crippen LogP contribution in [0.5, 0.6) is 0 Å². The Morgan fingerprint density at radius 1 is 1.07 bits per heavy atom. The van der Waals surface area contributed by atoms with Gasteiger partial charge in [0.05, 0.1) is 6.54 Å². The first-order valence-corrected chi connectivity index (χ1v) is 10.6. The molecule has 0 aliphatic rings. The van der Waals surface area contributed by atoms with E-state index < -0.39 is 0 Å². The Bertz CT molecular complexity index is 932. The number of carbonyl (C=O) groups excluding carboxylic acids is 1. The van der Waals surface area contributed by atoms with Crippen LogP contribution < -0.4 is 0 Å². The van der Waals surface area contributed by atoms with Gasteiger partial charge in [-0.15, -0.1) is 0 Å². The first-order valence-electron chi connectivity index (χ1n) is 9.82. The quantitative estimate of drug-likeness (QED) is 0.420. The fourth-order valence-electron chi connectivity index (χ4n) is 3.32. The Balaban J connectivity index is 1.81. The lowest BCUT2D eigenvalue weighted by molar-refractivity contribution is 0.0737. The molecule has 28 heavy (non-hydrogen) atoms. The lowest BCUT2D eigenvalue weighted by Gasteiger charge is -2.24. The molecular formula is C24H27BrN2O. The molecule has 1 aromatic heterocycles. The Kier molecular flexibility index (Phi) is 7.10. The molecule has 0 spiro atoms. The molecule has 2 aromatic carbocycles. The third-order valence-corrected chi connectivity index (χ3v) is 5.51. The summed E-state index contributed by atoms with van der Waals surface area (Å²) in [5, 5.41) is 0. The molecular weight excluding hydrogens is 412 g/mol. The minimum Gasteiger partial charge on any atom is -0.345 e. The second-order valence-corrected chi connectivity index (χ2v) is 8.06. The van der Waals surface area contributed by atoms with Crippen molar-refractivity contribution in [3.63, 3.8) is 0 Å². The van der Waals surface area contributed by atoms with Crippen LogP contribution in [0.4, 0.5) is 0 Å². The Hall–Kier alpha value is -2.33. The van der Waals surface area contributed by atoms with Crippen LogP contribution in [0.15, 0.2) is 71.3 Å². The summed E-state index contributed by atoms with van der Waals surface area (Å²) < 4.78 is 3.17. The van der Waals surface area contributed by atoms with Crippen LogP contribution in [0, 0.1) is 6.92 Å². The molecule has 3 nitrogen and oxygen atoms in total. The van der Waals surface area contributed by atoms with E-state index in [2.05, 4.69) is 76.9 Å². The summed E-state index contributed by atoms with van der Waals surface area (Å²) in [4.78, 5) is 15.1. The SMILES string of the molecule is CCCCN(Cc1cccn1Cc1ccccc1C)C(=O)c1cccc(Br)c1. The number of amides is 1. The summed E-state index contributed by atoms with van der Waals surface area (Å²) in [5.41, 5.74) is 4.47. The number of halogens is 1. The number of aromatic nitrogens is 1. The van der Waals surface area contributed by atoms with Gasteiger partial charge in [0, 0.05) is 35.0 Å². The van der Waals surface area contributed by atoms with Gasteiger partial charge in [0.1, 0.15) is 0 Å². The fraction of sp³-hybridized carbons (Fsp3) is 0.292. The van der Waals surface area contributed by atoms with Crippen molar-refractivity contribution in [2.45, 2.75) is 39.8 Å². The van der Waals surface area contributed by atoms with E-state index in [0.717, 1.165) is 41.7 Å². The predicted octanol–water partition coefficient (Wildman–Crippen LogP) is 6.05. The maximum Gasteiger partial charge on any atom is 0.254 e. The zero-order valence-corrected chi connectivity index (χ0v) is 18.2. The van der Waals surface area contributed by atoms with Gasteiger partial charge in [0.2, 0.25) is 0 Å². The van der Waals surface area contributed by atoms with E-state index in [0.29, 0.717) is 6.54 Å². The maximum absolute atomic E-state index is 13.1. The van der Waals surface area contributed by atoms with E-state index in [1.807, 2.05) is 29.2 Å². The molecule has 0 aliphatic carbocycles. The van der Waals surface area contributed by atoms with Crippen LogP contribution >= 0.6 is 15.9 Å². The normalized spacial score (nSPS) is 10.8. The molecule has 4 heteroatoms. The van der Waals surface area contributed by atoms with Crippen molar-refractivity contribution >= 4 is 21.8 Å². The van der Waals surface area contributed by atoms with Crippen LogP contribution in [-0.2, 0) is 13.1 Å². The molecule has 3 rings (SSSR count). The zero-order chi connectivity index (χ0) is 19.9. The lowest BCUT2D eigenvalue weighted by atomic mass is 10.1. The highest BCUT2D eigenvalue weighted by molar-refractivity contribution is 9.10. The summed E-state index contributed by atoms with van der Waals surface area (Å²) in [6.45, 7) is 6.49. The molecule has 0 atom stereocenters. The molecule has 0 aliphatic heterocycles. The molecule has 146 valence electrons. The second kappa shape index (κ2) is 9.74. The van der Waals surface area contributed by atoms with Crippen LogP contribution in [0.25, 0.3) is 0 Å². The van der Waals surface area contributed by atoms with Gasteiger partial charge >= 0.3 is 0 Å². The van der Waals surface area contributed by atoms with Crippen molar-refractivity contribution in [2.75, 3.05) is 6.54 Å². The van der Waals surface area contributed by atoms with E-state index in [-0.39, 0.29) is 5.91 Å². The average Bonchev–Trinajstić information content (AvgIpc) is 3.13. The molecule has 1 amide bonds. The topological polar surface area (TPSA) is 25.2 Å². The van der Waals surface area contributed by atoms with Gasteiger partial charge in [-0.3, -0.25) is 4.79 Å². The lowest BCUT2D eigenvalue weighted by Crippen LogP contribution is -2.32. The van der Waals surface area contributed by atoms with Gasteiger partial charge in [0.15, 0.2) is 0 Å². The number of rotatable bonds is 8. The van der Waals surface area contributed by atoms with Gasteiger partial charge in [-0.25, -0.2) is 0 Å². The number of nitrogens with zero attached hydrogens (tertiary/aromatic N) is 2. The van der Waals surface area contributed by atoms with Crippen molar-refractivity contribution in [1.82, 2.24) is 9.47 Å². The first-order chi connectivity index (χ1) is 13.6. The largest absolute Gasteiger partial charge is 0.345 e. The number of carbonyl (C=O) groups is 1. The third-order valence-electron chi connectivity index (χ3n) is 5.02. The highest BCUT2D eigenvalue weighted by atomic mass is 79.9. The van der Waals surface area contributed by atoms with Crippen LogP contribution in [0.3, 0.4) is 0 Å². The van der Waals surface area contributed by atoms with Gasteiger partial charge in [-0.1, -0.05) is 59.6 Å². The van der Waals surface area contributed by atoms with Crippen molar-refractivity contribution < 1.29 is 4.79 Å². The van der Waals surface area contributed by atoms with Crippen molar-refractivity contribution in [3.05, 3.63) is 93.7 Å². The fourth-order valence-corrected chi connectivity index (χ4v) is 3.72. The first kappa shape index (κ1) is 20.4. The Morgan fingerprint density at radius 3 is 2.64 bits per heavy atom.